The molecule has 0 saturated carbocycles. The minimum atomic E-state index is -0.175. The van der Waals surface area contributed by atoms with Crippen LogP contribution in [-0.4, -0.2) is 34.5 Å². The highest BCUT2D eigenvalue weighted by molar-refractivity contribution is 7.99. The van der Waals surface area contributed by atoms with E-state index in [9.17, 15) is 4.79 Å². The largest absolute Gasteiger partial charge is 0.321 e. The zero-order valence-corrected chi connectivity index (χ0v) is 13.6. The van der Waals surface area contributed by atoms with E-state index in [2.05, 4.69) is 24.1 Å². The van der Waals surface area contributed by atoms with E-state index in [0.29, 0.717) is 12.0 Å². The third kappa shape index (κ3) is 2.97. The molecule has 0 aromatic heterocycles. The Hall–Kier alpha value is -1.00. The third-order valence-electron chi connectivity index (χ3n) is 4.43. The van der Waals surface area contributed by atoms with Crippen LogP contribution in [0.3, 0.4) is 0 Å². The highest BCUT2D eigenvalue weighted by atomic mass is 32.2. The maximum absolute atomic E-state index is 13.0. The molecule has 114 valence electrons. The Bertz CT molecular complexity index is 485. The van der Waals surface area contributed by atoms with E-state index in [1.807, 2.05) is 42.1 Å². The smallest absolute Gasteiger partial charge is 0.245 e. The number of rotatable bonds is 3. The maximum atomic E-state index is 13.0. The van der Waals surface area contributed by atoms with Crippen LogP contribution in [0.5, 0.6) is 0 Å². The second-order valence-corrected chi connectivity index (χ2v) is 7.47. The van der Waals surface area contributed by atoms with Crippen molar-refractivity contribution in [3.8, 4) is 0 Å². The number of hydrogen-bond donors (Lipinski definition) is 1. The maximum Gasteiger partial charge on any atom is 0.245 e. The Morgan fingerprint density at radius 1 is 1.29 bits per heavy atom. The lowest BCUT2D eigenvalue weighted by Gasteiger charge is -2.36. The molecule has 2 fully saturated rings. The van der Waals surface area contributed by atoms with Gasteiger partial charge in [0.1, 0.15) is 6.04 Å². The molecule has 2 saturated heterocycles. The Morgan fingerprint density at radius 2 is 2.05 bits per heavy atom. The van der Waals surface area contributed by atoms with Crippen molar-refractivity contribution in [3.05, 3.63) is 35.9 Å². The van der Waals surface area contributed by atoms with Gasteiger partial charge in [0.25, 0.3) is 0 Å². The van der Waals surface area contributed by atoms with Crippen LogP contribution < -0.4 is 5.32 Å². The fourth-order valence-corrected chi connectivity index (χ4v) is 4.49. The molecule has 2 aliphatic heterocycles. The van der Waals surface area contributed by atoms with Gasteiger partial charge in [0.05, 0.1) is 6.17 Å². The molecule has 21 heavy (non-hydrogen) atoms. The van der Waals surface area contributed by atoms with Crippen LogP contribution in [-0.2, 0) is 4.79 Å². The zero-order valence-electron chi connectivity index (χ0n) is 12.8. The summed E-state index contributed by atoms with van der Waals surface area (Å²) in [5.74, 6) is 3.00. The standard InChI is InChI=1S/C17H24N2OS/c1-12(2)16-18-15(13-7-4-3-5-8-13)17(20)19(16)14-9-6-10-21-11-14/h3-5,7-8,12,14-16,18H,6,9-11H2,1-2H3. The molecule has 0 bridgehead atoms. The van der Waals surface area contributed by atoms with Gasteiger partial charge in [-0.25, -0.2) is 0 Å². The van der Waals surface area contributed by atoms with Crippen LogP contribution in [0.1, 0.15) is 38.3 Å². The predicted octanol–water partition coefficient (Wildman–Crippen LogP) is 3.04. The molecule has 0 aliphatic carbocycles. The average Bonchev–Trinajstić information content (AvgIpc) is 2.87. The van der Waals surface area contributed by atoms with Gasteiger partial charge in [-0.05, 0) is 30.1 Å². The number of amides is 1. The van der Waals surface area contributed by atoms with Gasteiger partial charge in [-0.2, -0.15) is 11.8 Å². The molecule has 1 aromatic carbocycles. The predicted molar refractivity (Wildman–Crippen MR) is 88.1 cm³/mol. The zero-order chi connectivity index (χ0) is 14.8. The van der Waals surface area contributed by atoms with Gasteiger partial charge in [0.2, 0.25) is 5.91 Å². The molecule has 0 spiro atoms. The highest BCUT2D eigenvalue weighted by Crippen LogP contribution is 2.33. The lowest BCUT2D eigenvalue weighted by atomic mass is 10.1. The molecule has 2 heterocycles. The molecule has 2 aliphatic rings. The minimum Gasteiger partial charge on any atom is -0.321 e. The number of benzene rings is 1. The lowest BCUT2D eigenvalue weighted by molar-refractivity contribution is -0.132. The van der Waals surface area contributed by atoms with Crippen molar-refractivity contribution in [3.63, 3.8) is 0 Å². The van der Waals surface area contributed by atoms with E-state index in [1.165, 1.54) is 12.2 Å². The Kier molecular flexibility index (Phi) is 4.55. The number of carbonyl (C=O) groups excluding carboxylic acids is 1. The van der Waals surface area contributed by atoms with Crippen LogP contribution >= 0.6 is 11.8 Å². The summed E-state index contributed by atoms with van der Waals surface area (Å²) in [5, 5.41) is 3.57. The first-order chi connectivity index (χ1) is 10.2. The average molecular weight is 304 g/mol. The summed E-state index contributed by atoms with van der Waals surface area (Å²) in [6.07, 6.45) is 2.52. The topological polar surface area (TPSA) is 32.3 Å². The molecule has 0 radical (unpaired) electrons. The van der Waals surface area contributed by atoms with Crippen molar-refractivity contribution < 1.29 is 4.79 Å². The summed E-state index contributed by atoms with van der Waals surface area (Å²) >= 11 is 1.98. The van der Waals surface area contributed by atoms with Crippen molar-refractivity contribution in [2.75, 3.05) is 11.5 Å². The van der Waals surface area contributed by atoms with Gasteiger partial charge in [-0.3, -0.25) is 10.1 Å². The van der Waals surface area contributed by atoms with E-state index in [-0.39, 0.29) is 18.1 Å². The molecular weight excluding hydrogens is 280 g/mol. The van der Waals surface area contributed by atoms with Crippen molar-refractivity contribution in [2.45, 2.75) is 44.9 Å². The van der Waals surface area contributed by atoms with Crippen molar-refractivity contribution in [1.82, 2.24) is 10.2 Å². The Balaban J connectivity index is 1.85. The molecule has 3 unspecified atom stereocenters. The quantitative estimate of drug-likeness (QED) is 0.931. The third-order valence-corrected chi connectivity index (χ3v) is 5.63. The van der Waals surface area contributed by atoms with Gasteiger partial charge in [0, 0.05) is 11.8 Å². The van der Waals surface area contributed by atoms with Gasteiger partial charge in [-0.1, -0.05) is 44.2 Å². The van der Waals surface area contributed by atoms with Crippen LogP contribution in [0.25, 0.3) is 0 Å². The van der Waals surface area contributed by atoms with Crippen LogP contribution in [0, 0.1) is 5.92 Å². The van der Waals surface area contributed by atoms with E-state index in [4.69, 9.17) is 0 Å². The van der Waals surface area contributed by atoms with Crippen LogP contribution in [0.2, 0.25) is 0 Å². The van der Waals surface area contributed by atoms with Gasteiger partial charge in [-0.15, -0.1) is 0 Å². The Labute approximate surface area is 131 Å². The fraction of sp³-hybridized carbons (Fsp3) is 0.588. The van der Waals surface area contributed by atoms with E-state index in [0.717, 1.165) is 17.7 Å². The SMILES string of the molecule is CC(C)C1NC(c2ccccc2)C(=O)N1C1CCCSC1. The second-order valence-electron chi connectivity index (χ2n) is 6.32. The number of nitrogens with one attached hydrogen (secondary N) is 1. The monoisotopic (exact) mass is 304 g/mol. The summed E-state index contributed by atoms with van der Waals surface area (Å²) < 4.78 is 0. The van der Waals surface area contributed by atoms with Crippen molar-refractivity contribution in [1.29, 1.82) is 0 Å². The molecule has 3 atom stereocenters. The molecule has 1 N–H and O–H groups in total. The summed E-state index contributed by atoms with van der Waals surface area (Å²) in [7, 11) is 0. The molecule has 4 heteroatoms. The minimum absolute atomic E-state index is 0.159. The number of nitrogens with zero attached hydrogens (tertiary/aromatic N) is 1. The number of hydrogen-bond acceptors (Lipinski definition) is 3. The van der Waals surface area contributed by atoms with Crippen molar-refractivity contribution >= 4 is 17.7 Å². The molecule has 1 aromatic rings. The first-order valence-electron chi connectivity index (χ1n) is 7.89. The highest BCUT2D eigenvalue weighted by Gasteiger charge is 2.44. The first-order valence-corrected chi connectivity index (χ1v) is 9.05. The normalized spacial score (nSPS) is 30.1. The second kappa shape index (κ2) is 6.41. The Morgan fingerprint density at radius 3 is 2.67 bits per heavy atom. The van der Waals surface area contributed by atoms with Gasteiger partial charge in [0.15, 0.2) is 0 Å². The van der Waals surface area contributed by atoms with Crippen LogP contribution in [0.15, 0.2) is 30.3 Å². The number of thioether (sulfide) groups is 1. The number of carbonyl (C=O) groups is 1. The molecule has 3 rings (SSSR count). The summed E-state index contributed by atoms with van der Waals surface area (Å²) in [4.78, 5) is 15.1. The summed E-state index contributed by atoms with van der Waals surface area (Å²) in [5.41, 5.74) is 1.08. The van der Waals surface area contributed by atoms with Gasteiger partial charge < -0.3 is 4.90 Å². The van der Waals surface area contributed by atoms with Crippen molar-refractivity contribution in [2.24, 2.45) is 5.92 Å². The molecular formula is C17H24N2OS. The fourth-order valence-electron chi connectivity index (χ4n) is 3.36. The molecule has 3 nitrogen and oxygen atoms in total. The first kappa shape index (κ1) is 14.9. The molecule has 1 amide bonds. The summed E-state index contributed by atoms with van der Waals surface area (Å²) in [6.45, 7) is 4.39. The van der Waals surface area contributed by atoms with E-state index in [1.54, 1.807) is 0 Å². The van der Waals surface area contributed by atoms with Gasteiger partial charge >= 0.3 is 0 Å². The summed E-state index contributed by atoms with van der Waals surface area (Å²) in [6, 6.07) is 10.3. The van der Waals surface area contributed by atoms with E-state index >= 15 is 0 Å². The van der Waals surface area contributed by atoms with Crippen LogP contribution in [0.4, 0.5) is 0 Å². The van der Waals surface area contributed by atoms with E-state index < -0.39 is 0 Å². The lowest BCUT2D eigenvalue weighted by Crippen LogP contribution is -2.49.